The predicted molar refractivity (Wildman–Crippen MR) is 128 cm³/mol. The van der Waals surface area contributed by atoms with E-state index in [0.717, 1.165) is 11.1 Å². The standard InChI is InChI=1S/C23H23ClN6OS/c1-16(2)30-20(12-13-25-30)26-21(31)15-32-23-28-27-22(18-10-6-7-11-19(18)24)29(23)14-17-8-4-3-5-9-17/h3-13,16H,14-15H2,1-2H3,(H,26,31). The Morgan fingerprint density at radius 3 is 2.56 bits per heavy atom. The third-order valence-corrected chi connectivity index (χ3v) is 6.07. The third-order valence-electron chi connectivity index (χ3n) is 4.77. The molecule has 0 saturated heterocycles. The highest BCUT2D eigenvalue weighted by molar-refractivity contribution is 7.99. The van der Waals surface area contributed by atoms with Gasteiger partial charge in [-0.2, -0.15) is 5.10 Å². The van der Waals surface area contributed by atoms with E-state index in [1.54, 1.807) is 16.9 Å². The smallest absolute Gasteiger partial charge is 0.235 e. The highest BCUT2D eigenvalue weighted by Gasteiger charge is 2.18. The molecule has 2 heterocycles. The van der Waals surface area contributed by atoms with Crippen LogP contribution in [0.25, 0.3) is 11.4 Å². The van der Waals surface area contributed by atoms with Gasteiger partial charge in [0.05, 0.1) is 23.5 Å². The fourth-order valence-corrected chi connectivity index (χ4v) is 4.24. The lowest BCUT2D eigenvalue weighted by Crippen LogP contribution is -2.18. The van der Waals surface area contributed by atoms with Gasteiger partial charge in [0, 0.05) is 17.7 Å². The highest BCUT2D eigenvalue weighted by Crippen LogP contribution is 2.30. The molecule has 7 nitrogen and oxygen atoms in total. The molecule has 1 N–H and O–H groups in total. The second-order valence-corrected chi connectivity index (χ2v) is 8.80. The average Bonchev–Trinajstić information content (AvgIpc) is 3.40. The number of hydrogen-bond acceptors (Lipinski definition) is 5. The molecule has 32 heavy (non-hydrogen) atoms. The Kier molecular flexibility index (Phi) is 6.92. The van der Waals surface area contributed by atoms with Crippen LogP contribution in [0, 0.1) is 0 Å². The van der Waals surface area contributed by atoms with Crippen molar-refractivity contribution < 1.29 is 4.79 Å². The lowest BCUT2D eigenvalue weighted by Gasteiger charge is -2.13. The first-order valence-corrected chi connectivity index (χ1v) is 11.6. The molecule has 0 bridgehead atoms. The minimum Gasteiger partial charge on any atom is -0.310 e. The van der Waals surface area contributed by atoms with Crippen LogP contribution in [0.5, 0.6) is 0 Å². The van der Waals surface area contributed by atoms with Crippen molar-refractivity contribution in [3.05, 3.63) is 77.4 Å². The molecular formula is C23H23ClN6OS. The Morgan fingerprint density at radius 1 is 1.06 bits per heavy atom. The molecule has 0 radical (unpaired) electrons. The van der Waals surface area contributed by atoms with Gasteiger partial charge in [0.15, 0.2) is 11.0 Å². The van der Waals surface area contributed by atoms with Crippen LogP contribution in [0.2, 0.25) is 5.02 Å². The van der Waals surface area contributed by atoms with Gasteiger partial charge in [-0.15, -0.1) is 10.2 Å². The first-order valence-electron chi connectivity index (χ1n) is 10.2. The van der Waals surface area contributed by atoms with Crippen molar-refractivity contribution in [2.45, 2.75) is 31.6 Å². The van der Waals surface area contributed by atoms with E-state index in [4.69, 9.17) is 11.6 Å². The van der Waals surface area contributed by atoms with Gasteiger partial charge in [0.1, 0.15) is 5.82 Å². The van der Waals surface area contributed by atoms with Crippen LogP contribution in [0.3, 0.4) is 0 Å². The second-order valence-electron chi connectivity index (χ2n) is 7.45. The number of aromatic nitrogens is 5. The normalized spacial score (nSPS) is 11.1. The average molecular weight is 467 g/mol. The van der Waals surface area contributed by atoms with Gasteiger partial charge in [-0.05, 0) is 31.5 Å². The SMILES string of the molecule is CC(C)n1nccc1NC(=O)CSc1nnc(-c2ccccc2Cl)n1Cc1ccccc1. The van der Waals surface area contributed by atoms with Crippen LogP contribution in [0.4, 0.5) is 5.82 Å². The number of hydrogen-bond donors (Lipinski definition) is 1. The van der Waals surface area contributed by atoms with Crippen molar-refractivity contribution >= 4 is 35.1 Å². The summed E-state index contributed by atoms with van der Waals surface area (Å²) in [6.07, 6.45) is 1.68. The van der Waals surface area contributed by atoms with Crippen LogP contribution in [-0.4, -0.2) is 36.2 Å². The van der Waals surface area contributed by atoms with Gasteiger partial charge in [0.2, 0.25) is 5.91 Å². The number of halogens is 1. The quantitative estimate of drug-likeness (QED) is 0.363. The van der Waals surface area contributed by atoms with Crippen molar-refractivity contribution in [2.24, 2.45) is 0 Å². The van der Waals surface area contributed by atoms with E-state index in [2.05, 4.69) is 20.6 Å². The highest BCUT2D eigenvalue weighted by atomic mass is 35.5. The first-order chi connectivity index (χ1) is 15.5. The maximum Gasteiger partial charge on any atom is 0.235 e. The number of rotatable bonds is 8. The number of carbonyl (C=O) groups is 1. The molecule has 1 amide bonds. The van der Waals surface area contributed by atoms with Gasteiger partial charge in [0.25, 0.3) is 0 Å². The molecule has 2 aromatic heterocycles. The molecule has 9 heteroatoms. The minimum absolute atomic E-state index is 0.133. The zero-order valence-electron chi connectivity index (χ0n) is 17.8. The van der Waals surface area contributed by atoms with E-state index < -0.39 is 0 Å². The Morgan fingerprint density at radius 2 is 1.81 bits per heavy atom. The van der Waals surface area contributed by atoms with E-state index in [1.807, 2.05) is 73.0 Å². The second kappa shape index (κ2) is 10.0. The van der Waals surface area contributed by atoms with Crippen molar-refractivity contribution in [1.82, 2.24) is 24.5 Å². The molecule has 0 saturated carbocycles. The third kappa shape index (κ3) is 5.03. The molecule has 0 aliphatic heterocycles. The fourth-order valence-electron chi connectivity index (χ4n) is 3.28. The number of nitrogens with one attached hydrogen (secondary N) is 1. The monoisotopic (exact) mass is 466 g/mol. The molecule has 2 aromatic carbocycles. The van der Waals surface area contributed by atoms with Gasteiger partial charge < -0.3 is 5.32 Å². The van der Waals surface area contributed by atoms with E-state index in [9.17, 15) is 4.79 Å². The number of benzene rings is 2. The Hall–Kier alpha value is -3.10. The number of amides is 1. The Balaban J connectivity index is 1.56. The van der Waals surface area contributed by atoms with E-state index in [-0.39, 0.29) is 17.7 Å². The molecular weight excluding hydrogens is 444 g/mol. The zero-order chi connectivity index (χ0) is 22.5. The molecule has 0 spiro atoms. The summed E-state index contributed by atoms with van der Waals surface area (Å²) >= 11 is 7.77. The van der Waals surface area contributed by atoms with Gasteiger partial charge in [-0.1, -0.05) is 65.8 Å². The lowest BCUT2D eigenvalue weighted by atomic mass is 10.2. The predicted octanol–water partition coefficient (Wildman–Crippen LogP) is 5.16. The summed E-state index contributed by atoms with van der Waals surface area (Å²) < 4.78 is 3.77. The molecule has 0 fully saturated rings. The molecule has 0 aliphatic carbocycles. The van der Waals surface area contributed by atoms with Gasteiger partial charge >= 0.3 is 0 Å². The first kappa shape index (κ1) is 22.1. The number of anilines is 1. The fraction of sp³-hybridized carbons (Fsp3) is 0.217. The van der Waals surface area contributed by atoms with E-state index in [0.29, 0.717) is 28.4 Å². The van der Waals surface area contributed by atoms with Gasteiger partial charge in [-0.25, -0.2) is 4.68 Å². The summed E-state index contributed by atoms with van der Waals surface area (Å²) in [5.74, 6) is 1.40. The lowest BCUT2D eigenvalue weighted by molar-refractivity contribution is -0.113. The summed E-state index contributed by atoms with van der Waals surface area (Å²) in [6, 6.07) is 19.5. The summed E-state index contributed by atoms with van der Waals surface area (Å²) in [5.41, 5.74) is 1.91. The van der Waals surface area contributed by atoms with Crippen LogP contribution in [-0.2, 0) is 11.3 Å². The number of carbonyl (C=O) groups excluding carboxylic acids is 1. The number of thioether (sulfide) groups is 1. The summed E-state index contributed by atoms with van der Waals surface area (Å²) in [5, 5.41) is 17.2. The van der Waals surface area contributed by atoms with Crippen LogP contribution in [0.15, 0.2) is 72.0 Å². The topological polar surface area (TPSA) is 77.6 Å². The molecule has 0 aliphatic rings. The van der Waals surface area contributed by atoms with Crippen LogP contribution < -0.4 is 5.32 Å². The molecule has 4 rings (SSSR count). The largest absolute Gasteiger partial charge is 0.310 e. The number of nitrogens with zero attached hydrogens (tertiary/aromatic N) is 5. The zero-order valence-corrected chi connectivity index (χ0v) is 19.3. The Labute approximate surface area is 195 Å². The minimum atomic E-state index is -0.133. The molecule has 4 aromatic rings. The van der Waals surface area contributed by atoms with E-state index >= 15 is 0 Å². The summed E-state index contributed by atoms with van der Waals surface area (Å²) in [6.45, 7) is 4.60. The summed E-state index contributed by atoms with van der Waals surface area (Å²) in [7, 11) is 0. The maximum atomic E-state index is 12.6. The van der Waals surface area contributed by atoms with Crippen molar-refractivity contribution in [2.75, 3.05) is 11.1 Å². The molecule has 0 unspecified atom stereocenters. The van der Waals surface area contributed by atoms with Crippen molar-refractivity contribution in [1.29, 1.82) is 0 Å². The summed E-state index contributed by atoms with van der Waals surface area (Å²) in [4.78, 5) is 12.6. The van der Waals surface area contributed by atoms with E-state index in [1.165, 1.54) is 11.8 Å². The molecule has 164 valence electrons. The Bertz CT molecular complexity index is 1200. The van der Waals surface area contributed by atoms with Crippen LogP contribution in [0.1, 0.15) is 25.5 Å². The van der Waals surface area contributed by atoms with Gasteiger partial charge in [-0.3, -0.25) is 9.36 Å². The van der Waals surface area contributed by atoms with Crippen molar-refractivity contribution in [3.63, 3.8) is 0 Å². The van der Waals surface area contributed by atoms with Crippen LogP contribution >= 0.6 is 23.4 Å². The van der Waals surface area contributed by atoms with Crippen molar-refractivity contribution in [3.8, 4) is 11.4 Å². The maximum absolute atomic E-state index is 12.6. The molecule has 0 atom stereocenters.